The molecular formula is C24H22N4O4S. The zero-order valence-corrected chi connectivity index (χ0v) is 18.8. The predicted octanol–water partition coefficient (Wildman–Crippen LogP) is 3.76. The van der Waals surface area contributed by atoms with Gasteiger partial charge >= 0.3 is 0 Å². The molecule has 9 heteroatoms. The van der Waals surface area contributed by atoms with Gasteiger partial charge in [-0.2, -0.15) is 5.10 Å². The fraction of sp³-hybridized carbons (Fsp3) is 0.0833. The van der Waals surface area contributed by atoms with Gasteiger partial charge in [0, 0.05) is 17.3 Å². The molecule has 8 nitrogen and oxygen atoms in total. The first-order valence-corrected chi connectivity index (χ1v) is 11.6. The Morgan fingerprint density at radius 3 is 2.42 bits per heavy atom. The average molecular weight is 463 g/mol. The van der Waals surface area contributed by atoms with Crippen molar-refractivity contribution in [2.45, 2.75) is 11.8 Å². The summed E-state index contributed by atoms with van der Waals surface area (Å²) in [6, 6.07) is 22.3. The minimum atomic E-state index is -3.87. The van der Waals surface area contributed by atoms with Crippen molar-refractivity contribution < 1.29 is 17.9 Å². The molecular weight excluding hydrogens is 440 g/mol. The van der Waals surface area contributed by atoms with Crippen LogP contribution >= 0.6 is 0 Å². The lowest BCUT2D eigenvalue weighted by molar-refractivity contribution is 0.101. The van der Waals surface area contributed by atoms with E-state index in [4.69, 9.17) is 9.88 Å². The van der Waals surface area contributed by atoms with E-state index >= 15 is 0 Å². The summed E-state index contributed by atoms with van der Waals surface area (Å²) in [5, 5.41) is 12.6. The van der Waals surface area contributed by atoms with Gasteiger partial charge in [0.25, 0.3) is 5.91 Å². The van der Waals surface area contributed by atoms with Crippen LogP contribution in [0.2, 0.25) is 0 Å². The zero-order chi connectivity index (χ0) is 23.6. The molecule has 0 aliphatic rings. The second-order valence-electron chi connectivity index (χ2n) is 7.36. The second-order valence-corrected chi connectivity index (χ2v) is 8.89. The number of nitrogens with zero attached hydrogens (tertiary/aromatic N) is 2. The van der Waals surface area contributed by atoms with Gasteiger partial charge in [-0.25, -0.2) is 18.2 Å². The van der Waals surface area contributed by atoms with Crippen LogP contribution in [-0.2, 0) is 10.0 Å². The van der Waals surface area contributed by atoms with Crippen molar-refractivity contribution in [2.24, 2.45) is 5.14 Å². The molecule has 4 aromatic rings. The number of ether oxygens (including phenoxy) is 1. The standard InChI is InChI=1S/C24H22N4O4S/c1-16-14-22(28(27-16)19-6-5-7-20(15-19)32-2)24(29)26-18-12-10-17(11-13-18)21-8-3-4-9-23(21)33(25,30)31/h3-15H,1-2H3,(H,26,29)(H2,25,30,31). The minimum absolute atomic E-state index is 0.0412. The maximum Gasteiger partial charge on any atom is 0.274 e. The van der Waals surface area contributed by atoms with Crippen molar-refractivity contribution in [3.63, 3.8) is 0 Å². The fourth-order valence-corrected chi connectivity index (χ4v) is 4.24. The number of amides is 1. The largest absolute Gasteiger partial charge is 0.497 e. The number of rotatable bonds is 6. The molecule has 0 aliphatic heterocycles. The number of nitrogens with two attached hydrogens (primary N) is 1. The highest BCUT2D eigenvalue weighted by Crippen LogP contribution is 2.28. The molecule has 0 fully saturated rings. The average Bonchev–Trinajstić information content (AvgIpc) is 3.21. The summed E-state index contributed by atoms with van der Waals surface area (Å²) in [7, 11) is -2.29. The molecule has 0 atom stereocenters. The Hall–Kier alpha value is -3.95. The van der Waals surface area contributed by atoms with Crippen LogP contribution in [0.15, 0.2) is 83.8 Å². The van der Waals surface area contributed by atoms with E-state index < -0.39 is 10.0 Å². The first-order chi connectivity index (χ1) is 15.8. The number of methoxy groups -OCH3 is 1. The molecule has 1 heterocycles. The van der Waals surface area contributed by atoms with Gasteiger partial charge in [0.1, 0.15) is 11.4 Å². The van der Waals surface area contributed by atoms with E-state index in [0.717, 1.165) is 0 Å². The van der Waals surface area contributed by atoms with Gasteiger partial charge in [-0.3, -0.25) is 4.79 Å². The van der Waals surface area contributed by atoms with E-state index in [-0.39, 0.29) is 10.8 Å². The number of carbonyl (C=O) groups is 1. The van der Waals surface area contributed by atoms with Crippen LogP contribution in [0.1, 0.15) is 16.2 Å². The quantitative estimate of drug-likeness (QED) is 0.453. The van der Waals surface area contributed by atoms with Gasteiger partial charge in [-0.1, -0.05) is 36.4 Å². The van der Waals surface area contributed by atoms with Gasteiger partial charge in [0.05, 0.1) is 23.4 Å². The van der Waals surface area contributed by atoms with Crippen LogP contribution in [0.25, 0.3) is 16.8 Å². The first-order valence-electron chi connectivity index (χ1n) is 10.0. The van der Waals surface area contributed by atoms with Gasteiger partial charge in [-0.15, -0.1) is 0 Å². The maximum absolute atomic E-state index is 13.0. The topological polar surface area (TPSA) is 116 Å². The Morgan fingerprint density at radius 1 is 1.00 bits per heavy atom. The van der Waals surface area contributed by atoms with Crippen molar-refractivity contribution in [3.8, 4) is 22.6 Å². The second kappa shape index (κ2) is 8.89. The Morgan fingerprint density at radius 2 is 1.73 bits per heavy atom. The molecule has 0 saturated carbocycles. The van der Waals surface area contributed by atoms with Crippen LogP contribution in [0.4, 0.5) is 5.69 Å². The third kappa shape index (κ3) is 4.79. The molecule has 0 radical (unpaired) electrons. The maximum atomic E-state index is 13.0. The molecule has 3 aromatic carbocycles. The van der Waals surface area contributed by atoms with Crippen LogP contribution in [-0.4, -0.2) is 31.2 Å². The number of benzene rings is 3. The molecule has 33 heavy (non-hydrogen) atoms. The number of anilines is 1. The van der Waals surface area contributed by atoms with E-state index in [9.17, 15) is 13.2 Å². The molecule has 3 N–H and O–H groups in total. The SMILES string of the molecule is COc1cccc(-n2nc(C)cc2C(=O)Nc2ccc(-c3ccccc3S(N)(=O)=O)cc2)c1. The predicted molar refractivity (Wildman–Crippen MR) is 126 cm³/mol. The lowest BCUT2D eigenvalue weighted by atomic mass is 10.1. The number of hydrogen-bond donors (Lipinski definition) is 2. The lowest BCUT2D eigenvalue weighted by Crippen LogP contribution is -2.17. The molecule has 0 spiro atoms. The number of sulfonamides is 1. The third-order valence-corrected chi connectivity index (χ3v) is 5.98. The minimum Gasteiger partial charge on any atom is -0.497 e. The van der Waals surface area contributed by atoms with Crippen molar-refractivity contribution in [1.82, 2.24) is 9.78 Å². The molecule has 0 bridgehead atoms. The molecule has 0 aliphatic carbocycles. The van der Waals surface area contributed by atoms with Crippen LogP contribution < -0.4 is 15.2 Å². The van der Waals surface area contributed by atoms with Crippen molar-refractivity contribution >= 4 is 21.6 Å². The van der Waals surface area contributed by atoms with E-state index in [1.165, 1.54) is 6.07 Å². The Bertz CT molecular complexity index is 1430. The normalized spacial score (nSPS) is 11.2. The van der Waals surface area contributed by atoms with Gasteiger partial charge in [0.15, 0.2) is 0 Å². The Kier molecular flexibility index (Phi) is 5.99. The van der Waals surface area contributed by atoms with E-state index in [2.05, 4.69) is 10.4 Å². The first kappa shape index (κ1) is 22.3. The zero-order valence-electron chi connectivity index (χ0n) is 18.0. The van der Waals surface area contributed by atoms with Crippen molar-refractivity contribution in [2.75, 3.05) is 12.4 Å². The number of primary sulfonamides is 1. The fourth-order valence-electron chi connectivity index (χ4n) is 3.48. The molecule has 0 saturated heterocycles. The van der Waals surface area contributed by atoms with E-state index in [0.29, 0.717) is 39.6 Å². The summed E-state index contributed by atoms with van der Waals surface area (Å²) in [4.78, 5) is 13.1. The van der Waals surface area contributed by atoms with Crippen LogP contribution in [0.3, 0.4) is 0 Å². The van der Waals surface area contributed by atoms with Crippen molar-refractivity contribution in [3.05, 3.63) is 90.3 Å². The van der Waals surface area contributed by atoms with Crippen molar-refractivity contribution in [1.29, 1.82) is 0 Å². The smallest absolute Gasteiger partial charge is 0.274 e. The highest BCUT2D eigenvalue weighted by molar-refractivity contribution is 7.89. The highest BCUT2D eigenvalue weighted by atomic mass is 32.2. The summed E-state index contributed by atoms with van der Waals surface area (Å²) in [6.07, 6.45) is 0. The van der Waals surface area contributed by atoms with E-state index in [1.807, 2.05) is 25.1 Å². The van der Waals surface area contributed by atoms with Gasteiger partial charge < -0.3 is 10.1 Å². The monoisotopic (exact) mass is 462 g/mol. The molecule has 1 aromatic heterocycles. The molecule has 168 valence electrons. The van der Waals surface area contributed by atoms with Crippen LogP contribution in [0.5, 0.6) is 5.75 Å². The van der Waals surface area contributed by atoms with Gasteiger partial charge in [-0.05, 0) is 48.9 Å². The summed E-state index contributed by atoms with van der Waals surface area (Å²) in [5.41, 5.74) is 3.46. The molecule has 1 amide bonds. The number of nitrogens with one attached hydrogen (secondary N) is 1. The number of carbonyl (C=O) groups excluding carboxylic acids is 1. The highest BCUT2D eigenvalue weighted by Gasteiger charge is 2.17. The number of aromatic nitrogens is 2. The summed E-state index contributed by atoms with van der Waals surface area (Å²) in [5.74, 6) is 0.318. The lowest BCUT2D eigenvalue weighted by Gasteiger charge is -2.11. The van der Waals surface area contributed by atoms with Crippen LogP contribution in [0, 0.1) is 6.92 Å². The van der Waals surface area contributed by atoms with Gasteiger partial charge in [0.2, 0.25) is 10.0 Å². The van der Waals surface area contributed by atoms with E-state index in [1.54, 1.807) is 66.4 Å². The third-order valence-electron chi connectivity index (χ3n) is 5.01. The summed E-state index contributed by atoms with van der Waals surface area (Å²) in [6.45, 7) is 1.81. The molecule has 0 unspecified atom stereocenters. The molecule has 4 rings (SSSR count). The Labute approximate surface area is 191 Å². The number of aryl methyl sites for hydroxylation is 1. The Balaban J connectivity index is 1.60. The number of hydrogen-bond acceptors (Lipinski definition) is 5. The summed E-state index contributed by atoms with van der Waals surface area (Å²) < 4.78 is 30.6. The summed E-state index contributed by atoms with van der Waals surface area (Å²) >= 11 is 0.